The van der Waals surface area contributed by atoms with E-state index < -0.39 is 5.76 Å². The first kappa shape index (κ1) is 108. The number of aliphatic hydroxyl groups is 4. The summed E-state index contributed by atoms with van der Waals surface area (Å²) in [7, 11) is 0. The van der Waals surface area contributed by atoms with Crippen molar-refractivity contribution in [1.29, 1.82) is 0 Å². The van der Waals surface area contributed by atoms with Crippen LogP contribution in [-0.2, 0) is 64.2 Å². The average molecular weight is 1710 g/mol. The van der Waals surface area contributed by atoms with Gasteiger partial charge in [0.25, 0.3) is 5.56 Å². The Morgan fingerprint density at radius 2 is 1.03 bits per heavy atom. The number of H-pyrrole nitrogens is 2. The summed E-state index contributed by atoms with van der Waals surface area (Å²) in [4.78, 5) is 121. The number of nitrogens with one attached hydrogen (secondary N) is 3. The molecule has 2 aliphatic carbocycles. The average Bonchev–Trinajstić information content (AvgIpc) is 1.71. The number of aromatic amines is 2. The van der Waals surface area contributed by atoms with Gasteiger partial charge in [0, 0.05) is 83.8 Å². The van der Waals surface area contributed by atoms with E-state index in [1.54, 1.807) is 6.92 Å². The number of rotatable bonds is 0. The zero-order valence-corrected chi connectivity index (χ0v) is 79.4. The number of nitrogens with zero attached hydrogens (tertiary/aromatic N) is 3. The molecule has 117 heavy (non-hydrogen) atoms. The molecule has 0 radical (unpaired) electrons. The number of aromatic nitrogens is 5. The van der Waals surface area contributed by atoms with Crippen LogP contribution in [0.3, 0.4) is 0 Å². The molecule has 0 bridgehead atoms. The molecule has 8 aliphatic rings. The SMILES string of the molecule is C=C1C=C(C(C)(C)C)OC1.C=C1CC(C(C)(C)C)ON1.CC(C)(C)/C=C1\SC(=O)CC1=O.CC(C)(C)C1=C(O)CC(=O)C1.CC(C)(C)C1=C(O)CCC1=O.CC(C)(C)C1SC(=O)C=C1O.CC(C)(C)C1SC(=O)C=C1O.CC(C)(C)C1SC(=O)CC1=O.CC(C)(C)c1cc(=O)[nH]o1.CC(C)(C)c1noc(=O)[nH]1.Cc1nc(C(C)(C)C)no1. The summed E-state index contributed by atoms with van der Waals surface area (Å²) < 4.78 is 19.4. The van der Waals surface area contributed by atoms with Gasteiger partial charge in [-0.15, -0.1) is 0 Å². The molecule has 6 aliphatic heterocycles. The van der Waals surface area contributed by atoms with Crippen LogP contribution in [0.25, 0.3) is 0 Å². The molecular weight excluding hydrogens is 1570 g/mol. The highest BCUT2D eigenvalue weighted by molar-refractivity contribution is 8.18. The number of Topliss-reactive ketones (excluding diaryl/α,β-unsaturated/α-hetero) is 4. The van der Waals surface area contributed by atoms with Crippen molar-refractivity contribution in [3.05, 3.63) is 144 Å². The van der Waals surface area contributed by atoms with E-state index >= 15 is 0 Å². The Morgan fingerprint density at radius 1 is 0.521 bits per heavy atom. The standard InChI is InChI=1S/C9H12O2S.2C9H14O2.C9H14O.C8H15NO.3C8H12O2S.C7H12N2O.C7H11NO2.C6H10N2O2/c1-9(2,3)5-7-6(10)4-8(11)12-7;1-9(2,3)7-4-6(10)5-8(7)11;1-9(2,3)8-6(10)4-5-7(8)11;1-7-5-8(10-6-7)9(2,3)4;1-6-5-7(10-9-6)8(2,3)4;3*1-8(2,3)7-5(9)4-6(10)11-7;1-5-8-6(9-10-5)7(2,3)4;1-7(2,3)5-4-6(9)8-10-5;1-6(2,3)4-7-5(9)10-8-4/h5H,4H2,1-3H3;11H,4-5H2,1-3H3;10H,4-5H2,1-3H3;5H,1,6H2,2-4H3;7,9H,1,5H2,2-4H3;7H,4H2,1-3H3;2*4,7,9H,1-3H3;1-4H3;4H,1-3H3,(H,8,9);1-3H3,(H,7,8,9)/b7-5-;;;;;;;;;;. The summed E-state index contributed by atoms with van der Waals surface area (Å²) in [5, 5.41) is 46.6. The molecular formula is C88H138N6O19S4. The van der Waals surface area contributed by atoms with Crippen molar-refractivity contribution in [2.75, 3.05) is 6.61 Å². The number of carbonyl (C=O) groups is 8. The maximum absolute atomic E-state index is 11.2. The molecule has 3 aromatic heterocycles. The molecule has 0 aromatic carbocycles. The number of carbonyl (C=O) groups excluding carboxylic acids is 8. The molecule has 4 atom stereocenters. The zero-order valence-electron chi connectivity index (χ0n) is 76.2. The van der Waals surface area contributed by atoms with Gasteiger partial charge in [-0.1, -0.05) is 293 Å². The summed E-state index contributed by atoms with van der Waals surface area (Å²) in [5.74, 6) is 4.55. The van der Waals surface area contributed by atoms with E-state index in [9.17, 15) is 68.4 Å². The quantitative estimate of drug-likeness (QED) is 0.0812. The van der Waals surface area contributed by atoms with E-state index in [0.29, 0.717) is 65.3 Å². The molecule has 25 nitrogen and oxygen atoms in total. The first-order valence-electron chi connectivity index (χ1n) is 38.9. The van der Waals surface area contributed by atoms with Gasteiger partial charge >= 0.3 is 5.76 Å². The Hall–Kier alpha value is -7.47. The number of allylic oxidation sites excluding steroid dienone is 7. The lowest BCUT2D eigenvalue weighted by Crippen LogP contribution is -2.27. The lowest BCUT2D eigenvalue weighted by Gasteiger charge is -2.25. The van der Waals surface area contributed by atoms with Crippen molar-refractivity contribution >= 4 is 90.6 Å². The zero-order chi connectivity index (χ0) is 91.5. The molecule has 11 rings (SSSR count). The maximum Gasteiger partial charge on any atom is 0.438 e. The Labute approximate surface area is 711 Å². The van der Waals surface area contributed by atoms with Gasteiger partial charge in [0.2, 0.25) is 21.2 Å². The number of hydrogen-bond donors (Lipinski definition) is 7. The van der Waals surface area contributed by atoms with Gasteiger partial charge in [-0.3, -0.25) is 63.0 Å². The van der Waals surface area contributed by atoms with Crippen LogP contribution in [0.15, 0.2) is 123 Å². The Bertz CT molecular complexity index is 4170. The summed E-state index contributed by atoms with van der Waals surface area (Å²) in [6.45, 7) is 76.8. The van der Waals surface area contributed by atoms with E-state index in [0.717, 1.165) is 46.6 Å². The first-order chi connectivity index (χ1) is 52.4. The second-order valence-corrected chi connectivity index (χ2v) is 45.4. The maximum atomic E-state index is 11.2. The van der Waals surface area contributed by atoms with Gasteiger partial charge < -0.3 is 34.2 Å². The third-order valence-electron chi connectivity index (χ3n) is 16.9. The Morgan fingerprint density at radius 3 is 1.22 bits per heavy atom. The van der Waals surface area contributed by atoms with Crippen LogP contribution in [0, 0.1) is 50.2 Å². The minimum Gasteiger partial charge on any atom is -0.512 e. The van der Waals surface area contributed by atoms with E-state index in [2.05, 4.69) is 111 Å². The molecule has 4 unspecified atom stereocenters. The number of hydroxylamine groups is 1. The van der Waals surface area contributed by atoms with Crippen LogP contribution in [0.4, 0.5) is 0 Å². The van der Waals surface area contributed by atoms with Crippen molar-refractivity contribution in [3.8, 4) is 0 Å². The van der Waals surface area contributed by atoms with Crippen LogP contribution in [0.5, 0.6) is 0 Å². The predicted molar refractivity (Wildman–Crippen MR) is 470 cm³/mol. The van der Waals surface area contributed by atoms with Gasteiger partial charge in [0.1, 0.15) is 35.4 Å². The van der Waals surface area contributed by atoms with E-state index in [4.69, 9.17) is 18.6 Å². The summed E-state index contributed by atoms with van der Waals surface area (Å²) in [5.41, 5.74) is 5.87. The van der Waals surface area contributed by atoms with E-state index in [1.807, 2.05) is 178 Å². The van der Waals surface area contributed by atoms with Crippen molar-refractivity contribution in [2.24, 2.45) is 43.3 Å². The molecule has 3 fully saturated rings. The Balaban J connectivity index is 0.000000644. The van der Waals surface area contributed by atoms with Gasteiger partial charge in [0.05, 0.1) is 57.5 Å². The molecule has 7 N–H and O–H groups in total. The molecule has 0 amide bonds. The van der Waals surface area contributed by atoms with Crippen molar-refractivity contribution < 1.29 is 81.9 Å². The second-order valence-electron chi connectivity index (χ2n) is 40.9. The predicted octanol–water partition coefficient (Wildman–Crippen LogP) is 20.4. The molecule has 3 saturated heterocycles. The summed E-state index contributed by atoms with van der Waals surface area (Å²) in [6, 6.07) is 1.47. The topological polar surface area (TPSA) is 392 Å². The van der Waals surface area contributed by atoms with Crippen LogP contribution in [-0.4, -0.2) is 118 Å². The van der Waals surface area contributed by atoms with Gasteiger partial charge in [-0.25, -0.2) is 4.79 Å². The Kier molecular flexibility index (Phi) is 39.7. The number of ether oxygens (including phenoxy) is 1. The summed E-state index contributed by atoms with van der Waals surface area (Å²) >= 11 is 4.66. The highest BCUT2D eigenvalue weighted by Crippen LogP contribution is 2.43. The fourth-order valence-corrected chi connectivity index (χ4v) is 14.6. The van der Waals surface area contributed by atoms with Crippen molar-refractivity contribution in [3.63, 3.8) is 0 Å². The lowest BCUT2D eigenvalue weighted by atomic mass is 9.85. The molecule has 3 aromatic rings. The van der Waals surface area contributed by atoms with E-state index in [1.165, 1.54) is 53.5 Å². The lowest BCUT2D eigenvalue weighted by molar-refractivity contribution is -0.123. The fraction of sp³-hybridized carbons (Fsp3) is 0.648. The van der Waals surface area contributed by atoms with Crippen LogP contribution in [0.2, 0.25) is 0 Å². The minimum absolute atomic E-state index is 0.00222. The van der Waals surface area contributed by atoms with Crippen molar-refractivity contribution in [2.45, 2.75) is 318 Å². The van der Waals surface area contributed by atoms with E-state index in [-0.39, 0.29) is 161 Å². The first-order valence-corrected chi connectivity index (χ1v) is 42.4. The van der Waals surface area contributed by atoms with Crippen LogP contribution in [0.1, 0.15) is 297 Å². The highest BCUT2D eigenvalue weighted by Gasteiger charge is 2.41. The number of hydrogen-bond acceptors (Lipinski definition) is 27. The third-order valence-corrected chi connectivity index (χ3v) is 22.5. The molecule has 0 spiro atoms. The number of aliphatic hydroxyl groups excluding tert-OH is 4. The summed E-state index contributed by atoms with van der Waals surface area (Å²) in [6.07, 6.45) is 9.63. The molecule has 9 heterocycles. The van der Waals surface area contributed by atoms with Crippen molar-refractivity contribution in [1.82, 2.24) is 30.9 Å². The number of ketones is 4. The van der Waals surface area contributed by atoms with Gasteiger partial charge in [-0.05, 0) is 66.9 Å². The van der Waals surface area contributed by atoms with Gasteiger partial charge in [0.15, 0.2) is 34.1 Å². The van der Waals surface area contributed by atoms with Crippen LogP contribution < -0.4 is 16.8 Å². The highest BCUT2D eigenvalue weighted by atomic mass is 32.2. The third kappa shape index (κ3) is 40.0. The number of aryl methyl sites for hydroxylation is 1. The van der Waals surface area contributed by atoms with Gasteiger partial charge in [-0.2, -0.15) is 10.1 Å². The fourth-order valence-electron chi connectivity index (χ4n) is 10.6. The second kappa shape index (κ2) is 43.2. The monoisotopic (exact) mass is 1710 g/mol. The normalized spacial score (nSPS) is 20.2. The molecule has 0 saturated carbocycles. The smallest absolute Gasteiger partial charge is 0.438 e. The largest absolute Gasteiger partial charge is 0.512 e. The van der Waals surface area contributed by atoms with Crippen LogP contribution >= 0.6 is 47.0 Å². The molecule has 658 valence electrons. The number of thioether (sulfide) groups is 4. The minimum atomic E-state index is -0.495. The molecule has 29 heteroatoms.